The molecule has 0 aliphatic heterocycles. The van der Waals surface area contributed by atoms with Gasteiger partial charge in [0.05, 0.1) is 10.4 Å². The summed E-state index contributed by atoms with van der Waals surface area (Å²) in [6, 6.07) is 5.74. The molecule has 2 rings (SSSR count). The minimum atomic E-state index is 0.128. The van der Waals surface area contributed by atoms with Crippen molar-refractivity contribution in [3.63, 3.8) is 0 Å². The van der Waals surface area contributed by atoms with E-state index in [1.165, 1.54) is 11.8 Å². The van der Waals surface area contributed by atoms with E-state index in [2.05, 4.69) is 22.2 Å². The molecule has 0 aliphatic carbocycles. The minimum Gasteiger partial charge on any atom is -0.363 e. The van der Waals surface area contributed by atoms with Crippen LogP contribution in [0.3, 0.4) is 0 Å². The van der Waals surface area contributed by atoms with Gasteiger partial charge in [-0.05, 0) is 25.3 Å². The molecule has 0 aliphatic rings. The molecular formula is C11H11Cl2N3S2. The van der Waals surface area contributed by atoms with Crippen LogP contribution >= 0.6 is 46.3 Å². The van der Waals surface area contributed by atoms with Crippen molar-refractivity contribution in [3.8, 4) is 0 Å². The molecule has 96 valence electrons. The van der Waals surface area contributed by atoms with Crippen LogP contribution in [0.25, 0.3) is 0 Å². The molecule has 0 saturated heterocycles. The Labute approximate surface area is 124 Å². The number of thioether (sulfide) groups is 1. The first-order valence-electron chi connectivity index (χ1n) is 5.19. The quantitative estimate of drug-likeness (QED) is 0.502. The van der Waals surface area contributed by atoms with Gasteiger partial charge in [-0.1, -0.05) is 35.0 Å². The maximum atomic E-state index is 5.94. The van der Waals surface area contributed by atoms with Gasteiger partial charge in [0.15, 0.2) is 5.16 Å². The third kappa shape index (κ3) is 3.51. The van der Waals surface area contributed by atoms with Crippen molar-refractivity contribution in [2.75, 3.05) is 11.6 Å². The average molecular weight is 320 g/mol. The van der Waals surface area contributed by atoms with Crippen molar-refractivity contribution in [1.29, 1.82) is 0 Å². The van der Waals surface area contributed by atoms with E-state index < -0.39 is 0 Å². The third-order valence-corrected chi connectivity index (χ3v) is 4.40. The Balaban J connectivity index is 2.16. The highest BCUT2D eigenvalue weighted by Crippen LogP contribution is 2.29. The summed E-state index contributed by atoms with van der Waals surface area (Å²) in [5.74, 6) is 0.719. The number of hydrogen-bond donors (Lipinski definition) is 1. The molecule has 1 N–H and O–H groups in total. The second kappa shape index (κ2) is 6.10. The van der Waals surface area contributed by atoms with E-state index in [1.54, 1.807) is 17.4 Å². The highest BCUT2D eigenvalue weighted by Gasteiger charge is 2.10. The van der Waals surface area contributed by atoms with Crippen LogP contribution < -0.4 is 5.32 Å². The van der Waals surface area contributed by atoms with Crippen LogP contribution in [0.5, 0.6) is 0 Å². The number of hydrogen-bond acceptors (Lipinski definition) is 5. The van der Waals surface area contributed by atoms with E-state index in [0.29, 0.717) is 10.3 Å². The molecule has 0 fully saturated rings. The molecule has 3 nitrogen and oxygen atoms in total. The summed E-state index contributed by atoms with van der Waals surface area (Å²) in [4.78, 5) is 9.60. The van der Waals surface area contributed by atoms with Gasteiger partial charge in [0.1, 0.15) is 11.0 Å². The first-order chi connectivity index (χ1) is 8.58. The number of aromatic nitrogens is 2. The predicted molar refractivity (Wildman–Crippen MR) is 80.2 cm³/mol. The Hall–Kier alpha value is -0.490. The van der Waals surface area contributed by atoms with Crippen LogP contribution in [0.15, 0.2) is 23.4 Å². The van der Waals surface area contributed by atoms with Gasteiger partial charge in [-0.3, -0.25) is 0 Å². The van der Waals surface area contributed by atoms with E-state index in [1.807, 2.05) is 18.4 Å². The van der Waals surface area contributed by atoms with Crippen LogP contribution in [0, 0.1) is 0 Å². The molecule has 0 spiro atoms. The summed E-state index contributed by atoms with van der Waals surface area (Å²) in [5, 5.41) is 4.38. The lowest BCUT2D eigenvalue weighted by Gasteiger charge is -2.13. The van der Waals surface area contributed by atoms with Crippen LogP contribution in [0.1, 0.15) is 17.8 Å². The van der Waals surface area contributed by atoms with Gasteiger partial charge >= 0.3 is 0 Å². The Bertz CT molecular complexity index is 545. The van der Waals surface area contributed by atoms with E-state index in [-0.39, 0.29) is 6.04 Å². The van der Waals surface area contributed by atoms with Gasteiger partial charge in [0.2, 0.25) is 0 Å². The smallest absolute Gasteiger partial charge is 0.190 e. The first kappa shape index (κ1) is 13.9. The summed E-state index contributed by atoms with van der Waals surface area (Å²) >= 11 is 14.9. The summed E-state index contributed by atoms with van der Waals surface area (Å²) in [6.45, 7) is 2.05. The molecular weight excluding hydrogens is 309 g/mol. The fraction of sp³-hybridized carbons (Fsp3) is 0.273. The molecule has 7 heteroatoms. The first-order valence-corrected chi connectivity index (χ1v) is 7.98. The number of nitrogens with one attached hydrogen (secondary N) is 1. The molecule has 0 aromatic carbocycles. The topological polar surface area (TPSA) is 37.8 Å². The lowest BCUT2D eigenvalue weighted by Crippen LogP contribution is -2.07. The van der Waals surface area contributed by atoms with Gasteiger partial charge in [-0.15, -0.1) is 11.3 Å². The number of anilines is 1. The molecule has 1 unspecified atom stereocenters. The summed E-state index contributed by atoms with van der Waals surface area (Å²) in [7, 11) is 0. The summed E-state index contributed by atoms with van der Waals surface area (Å²) < 4.78 is 0.782. The Morgan fingerprint density at radius 2 is 2.11 bits per heavy atom. The molecule has 2 aromatic rings. The van der Waals surface area contributed by atoms with E-state index in [4.69, 9.17) is 23.2 Å². The van der Waals surface area contributed by atoms with E-state index in [0.717, 1.165) is 15.0 Å². The van der Waals surface area contributed by atoms with Crippen molar-refractivity contribution in [2.45, 2.75) is 18.1 Å². The SMILES string of the molecule is CSc1nc(Cl)cc(NC(C)c2ccc(Cl)s2)n1. The van der Waals surface area contributed by atoms with Crippen molar-refractivity contribution in [3.05, 3.63) is 32.6 Å². The van der Waals surface area contributed by atoms with Gasteiger partial charge in [0, 0.05) is 10.9 Å². The zero-order valence-electron chi connectivity index (χ0n) is 9.78. The average Bonchev–Trinajstić information content (AvgIpc) is 2.75. The van der Waals surface area contributed by atoms with Crippen molar-refractivity contribution >= 4 is 52.1 Å². The highest BCUT2D eigenvalue weighted by atomic mass is 35.5. The Morgan fingerprint density at radius 1 is 1.33 bits per heavy atom. The minimum absolute atomic E-state index is 0.128. The standard InChI is InChI=1S/C11H11Cl2N3S2/c1-6(7-3-4-9(13)18-7)14-10-5-8(12)15-11(16-10)17-2/h3-6H,1-2H3,(H,14,15,16). The molecule has 0 amide bonds. The normalized spacial score (nSPS) is 12.4. The lowest BCUT2D eigenvalue weighted by atomic mass is 10.3. The van der Waals surface area contributed by atoms with Crippen LogP contribution in [-0.4, -0.2) is 16.2 Å². The summed E-state index contributed by atoms with van der Waals surface area (Å²) in [5.41, 5.74) is 0. The molecule has 18 heavy (non-hydrogen) atoms. The van der Waals surface area contributed by atoms with E-state index in [9.17, 15) is 0 Å². The van der Waals surface area contributed by atoms with Gasteiger partial charge < -0.3 is 5.32 Å². The molecule has 0 bridgehead atoms. The summed E-state index contributed by atoms with van der Waals surface area (Å²) in [6.07, 6.45) is 1.91. The van der Waals surface area contributed by atoms with Crippen molar-refractivity contribution in [2.24, 2.45) is 0 Å². The lowest BCUT2D eigenvalue weighted by molar-refractivity contribution is 0.872. The third-order valence-electron chi connectivity index (χ3n) is 2.24. The molecule has 2 heterocycles. The zero-order valence-corrected chi connectivity index (χ0v) is 12.9. The second-order valence-corrected chi connectivity index (χ2v) is 6.48. The number of nitrogens with zero attached hydrogens (tertiary/aromatic N) is 2. The largest absolute Gasteiger partial charge is 0.363 e. The predicted octanol–water partition coefficient (Wildman–Crippen LogP) is 4.74. The van der Waals surface area contributed by atoms with Gasteiger partial charge in [0.25, 0.3) is 0 Å². The fourth-order valence-electron chi connectivity index (χ4n) is 1.42. The van der Waals surface area contributed by atoms with Gasteiger partial charge in [-0.25, -0.2) is 9.97 Å². The molecule has 2 aromatic heterocycles. The molecule has 0 radical (unpaired) electrons. The van der Waals surface area contributed by atoms with Crippen LogP contribution in [0.4, 0.5) is 5.82 Å². The second-order valence-electron chi connectivity index (χ2n) is 3.57. The van der Waals surface area contributed by atoms with Gasteiger partial charge in [-0.2, -0.15) is 0 Å². The van der Waals surface area contributed by atoms with Crippen molar-refractivity contribution < 1.29 is 0 Å². The molecule has 1 atom stereocenters. The number of halogens is 2. The molecule has 0 saturated carbocycles. The zero-order chi connectivity index (χ0) is 13.1. The van der Waals surface area contributed by atoms with Crippen molar-refractivity contribution in [1.82, 2.24) is 9.97 Å². The maximum absolute atomic E-state index is 5.94. The Morgan fingerprint density at radius 3 is 2.72 bits per heavy atom. The highest BCUT2D eigenvalue weighted by molar-refractivity contribution is 7.98. The van der Waals surface area contributed by atoms with E-state index >= 15 is 0 Å². The fourth-order valence-corrected chi connectivity index (χ4v) is 3.09. The number of thiophene rings is 1. The Kier molecular flexibility index (Phi) is 4.72. The van der Waals surface area contributed by atoms with Crippen LogP contribution in [0.2, 0.25) is 9.49 Å². The van der Waals surface area contributed by atoms with Crippen LogP contribution in [-0.2, 0) is 0 Å². The number of rotatable bonds is 4. The monoisotopic (exact) mass is 319 g/mol. The maximum Gasteiger partial charge on any atom is 0.190 e.